The molecule has 1 nitrogen and oxygen atoms in total. The fourth-order valence-corrected chi connectivity index (χ4v) is 3.08. The highest BCUT2D eigenvalue weighted by atomic mass is 79.9. The Balaban J connectivity index is 2.09. The standard InChI is InChI=1S/C13H12BrF2NS/c14-12-9(4-5-10(15)13(12)16)11(17)6-3-8-2-1-7-18-8/h1-2,4-5,7,11H,3,6,17H2. The van der Waals surface area contributed by atoms with Gasteiger partial charge in [0, 0.05) is 10.9 Å². The Hall–Kier alpha value is -0.780. The van der Waals surface area contributed by atoms with Gasteiger partial charge in [-0.25, -0.2) is 8.78 Å². The van der Waals surface area contributed by atoms with Gasteiger partial charge in [-0.2, -0.15) is 0 Å². The number of hydrogen-bond donors (Lipinski definition) is 1. The quantitative estimate of drug-likeness (QED) is 0.824. The van der Waals surface area contributed by atoms with Gasteiger partial charge in [0.15, 0.2) is 11.6 Å². The van der Waals surface area contributed by atoms with Crippen molar-refractivity contribution in [3.8, 4) is 0 Å². The third-order valence-corrected chi connectivity index (χ3v) is 4.49. The van der Waals surface area contributed by atoms with Crippen molar-refractivity contribution >= 4 is 27.3 Å². The van der Waals surface area contributed by atoms with Crippen LogP contribution in [0.4, 0.5) is 8.78 Å². The van der Waals surface area contributed by atoms with Crippen LogP contribution in [0.1, 0.15) is 22.9 Å². The maximum atomic E-state index is 13.4. The molecular weight excluding hydrogens is 320 g/mol. The summed E-state index contributed by atoms with van der Waals surface area (Å²) in [6.45, 7) is 0. The predicted molar refractivity (Wildman–Crippen MR) is 73.6 cm³/mol. The number of thiophene rings is 1. The Labute approximate surface area is 117 Å². The van der Waals surface area contributed by atoms with Gasteiger partial charge in [-0.15, -0.1) is 11.3 Å². The molecule has 1 unspecified atom stereocenters. The molecule has 0 saturated carbocycles. The van der Waals surface area contributed by atoms with Gasteiger partial charge in [-0.05, 0) is 51.8 Å². The van der Waals surface area contributed by atoms with Crippen molar-refractivity contribution in [2.45, 2.75) is 18.9 Å². The van der Waals surface area contributed by atoms with E-state index >= 15 is 0 Å². The van der Waals surface area contributed by atoms with E-state index in [0.29, 0.717) is 12.0 Å². The number of benzene rings is 1. The van der Waals surface area contributed by atoms with Gasteiger partial charge in [0.05, 0.1) is 4.47 Å². The summed E-state index contributed by atoms with van der Waals surface area (Å²) in [7, 11) is 0. The van der Waals surface area contributed by atoms with Crippen LogP contribution in [-0.4, -0.2) is 0 Å². The molecular formula is C13H12BrF2NS. The van der Waals surface area contributed by atoms with E-state index in [2.05, 4.69) is 15.9 Å². The first-order valence-corrected chi connectivity index (χ1v) is 7.18. The first-order chi connectivity index (χ1) is 8.59. The molecule has 0 aliphatic rings. The van der Waals surface area contributed by atoms with Gasteiger partial charge in [0.1, 0.15) is 0 Å². The van der Waals surface area contributed by atoms with E-state index in [1.54, 1.807) is 11.3 Å². The summed E-state index contributed by atoms with van der Waals surface area (Å²) in [4.78, 5) is 1.24. The normalized spacial score (nSPS) is 12.7. The Kier molecular flexibility index (Phi) is 4.48. The van der Waals surface area contributed by atoms with Crippen molar-refractivity contribution in [1.29, 1.82) is 0 Å². The minimum Gasteiger partial charge on any atom is -0.324 e. The zero-order chi connectivity index (χ0) is 13.1. The van der Waals surface area contributed by atoms with Gasteiger partial charge in [0.2, 0.25) is 0 Å². The molecule has 0 spiro atoms. The second-order valence-electron chi connectivity index (χ2n) is 3.99. The molecule has 0 aliphatic carbocycles. The molecule has 0 fully saturated rings. The smallest absolute Gasteiger partial charge is 0.173 e. The van der Waals surface area contributed by atoms with E-state index in [1.165, 1.54) is 10.9 Å². The fraction of sp³-hybridized carbons (Fsp3) is 0.231. The van der Waals surface area contributed by atoms with Crippen LogP contribution in [-0.2, 0) is 6.42 Å². The third-order valence-electron chi connectivity index (χ3n) is 2.75. The van der Waals surface area contributed by atoms with Crippen molar-refractivity contribution in [1.82, 2.24) is 0 Å². The van der Waals surface area contributed by atoms with E-state index in [9.17, 15) is 8.78 Å². The number of nitrogens with two attached hydrogens (primary N) is 1. The van der Waals surface area contributed by atoms with Crippen LogP contribution in [0.2, 0.25) is 0 Å². The average molecular weight is 332 g/mol. The van der Waals surface area contributed by atoms with Crippen molar-refractivity contribution < 1.29 is 8.78 Å². The highest BCUT2D eigenvalue weighted by molar-refractivity contribution is 9.10. The second kappa shape index (κ2) is 5.91. The predicted octanol–water partition coefficient (Wildman–Crippen LogP) is 4.42. The maximum absolute atomic E-state index is 13.4. The van der Waals surface area contributed by atoms with E-state index in [4.69, 9.17) is 5.73 Å². The van der Waals surface area contributed by atoms with E-state index in [-0.39, 0.29) is 10.5 Å². The van der Waals surface area contributed by atoms with E-state index in [0.717, 1.165) is 12.5 Å². The molecule has 1 heterocycles. The topological polar surface area (TPSA) is 26.0 Å². The highest BCUT2D eigenvalue weighted by Crippen LogP contribution is 2.29. The second-order valence-corrected chi connectivity index (χ2v) is 5.81. The molecule has 0 bridgehead atoms. The van der Waals surface area contributed by atoms with E-state index in [1.807, 2.05) is 17.5 Å². The molecule has 2 N–H and O–H groups in total. The van der Waals surface area contributed by atoms with Crippen LogP contribution in [0, 0.1) is 11.6 Å². The molecule has 5 heteroatoms. The molecule has 2 aromatic rings. The molecule has 18 heavy (non-hydrogen) atoms. The largest absolute Gasteiger partial charge is 0.324 e. The Morgan fingerprint density at radius 1 is 1.28 bits per heavy atom. The SMILES string of the molecule is NC(CCc1cccs1)c1ccc(F)c(F)c1Br. The van der Waals surface area contributed by atoms with Crippen molar-refractivity contribution in [3.05, 3.63) is 56.2 Å². The van der Waals surface area contributed by atoms with Gasteiger partial charge < -0.3 is 5.73 Å². The van der Waals surface area contributed by atoms with Gasteiger partial charge in [-0.3, -0.25) is 0 Å². The maximum Gasteiger partial charge on any atom is 0.173 e. The minimum atomic E-state index is -0.876. The summed E-state index contributed by atoms with van der Waals surface area (Å²) in [6.07, 6.45) is 1.54. The van der Waals surface area contributed by atoms with Crippen LogP contribution < -0.4 is 5.73 Å². The molecule has 0 aliphatic heterocycles. The zero-order valence-electron chi connectivity index (χ0n) is 9.50. The Morgan fingerprint density at radius 3 is 2.72 bits per heavy atom. The zero-order valence-corrected chi connectivity index (χ0v) is 11.9. The lowest BCUT2D eigenvalue weighted by molar-refractivity contribution is 0.499. The van der Waals surface area contributed by atoms with Crippen LogP contribution >= 0.6 is 27.3 Å². The lowest BCUT2D eigenvalue weighted by Crippen LogP contribution is -2.12. The number of rotatable bonds is 4. The summed E-state index contributed by atoms with van der Waals surface area (Å²) >= 11 is 4.73. The molecule has 96 valence electrons. The van der Waals surface area contributed by atoms with Crippen LogP contribution in [0.5, 0.6) is 0 Å². The average Bonchev–Trinajstić information content (AvgIpc) is 2.86. The summed E-state index contributed by atoms with van der Waals surface area (Å²) < 4.78 is 26.5. The molecule has 2 rings (SSSR count). The van der Waals surface area contributed by atoms with Crippen molar-refractivity contribution in [2.24, 2.45) is 5.73 Å². The monoisotopic (exact) mass is 331 g/mol. The summed E-state index contributed by atoms with van der Waals surface area (Å²) in [6, 6.07) is 6.36. The number of aryl methyl sites for hydroxylation is 1. The lowest BCUT2D eigenvalue weighted by atomic mass is 10.0. The fourth-order valence-electron chi connectivity index (χ4n) is 1.74. The van der Waals surface area contributed by atoms with Gasteiger partial charge >= 0.3 is 0 Å². The summed E-state index contributed by atoms with van der Waals surface area (Å²) in [5.41, 5.74) is 6.62. The molecule has 0 saturated heterocycles. The molecule has 1 atom stereocenters. The van der Waals surface area contributed by atoms with Crippen molar-refractivity contribution in [3.63, 3.8) is 0 Å². The van der Waals surface area contributed by atoms with E-state index < -0.39 is 11.6 Å². The minimum absolute atomic E-state index is 0.126. The van der Waals surface area contributed by atoms with Gasteiger partial charge in [-0.1, -0.05) is 12.1 Å². The Morgan fingerprint density at radius 2 is 2.06 bits per heavy atom. The Bertz CT molecular complexity index is 528. The first kappa shape index (κ1) is 13.6. The van der Waals surface area contributed by atoms with Crippen molar-refractivity contribution in [2.75, 3.05) is 0 Å². The number of hydrogen-bond acceptors (Lipinski definition) is 2. The molecule has 1 aromatic heterocycles. The molecule has 0 radical (unpaired) electrons. The first-order valence-electron chi connectivity index (χ1n) is 5.51. The lowest BCUT2D eigenvalue weighted by Gasteiger charge is -2.14. The molecule has 0 amide bonds. The number of halogens is 3. The summed E-state index contributed by atoms with van der Waals surface area (Å²) in [5, 5.41) is 2.01. The summed E-state index contributed by atoms with van der Waals surface area (Å²) in [5.74, 6) is -1.74. The third kappa shape index (κ3) is 2.96. The molecule has 1 aromatic carbocycles. The van der Waals surface area contributed by atoms with Crippen LogP contribution in [0.15, 0.2) is 34.1 Å². The van der Waals surface area contributed by atoms with Gasteiger partial charge in [0.25, 0.3) is 0 Å². The highest BCUT2D eigenvalue weighted by Gasteiger charge is 2.16. The van der Waals surface area contributed by atoms with Crippen LogP contribution in [0.25, 0.3) is 0 Å². The van der Waals surface area contributed by atoms with Crippen LogP contribution in [0.3, 0.4) is 0 Å².